The molecule has 19 heavy (non-hydrogen) atoms. The van der Waals surface area contributed by atoms with E-state index in [0.717, 1.165) is 0 Å². The van der Waals surface area contributed by atoms with E-state index in [0.29, 0.717) is 13.2 Å². The Morgan fingerprint density at radius 3 is 0.842 bits per heavy atom. The maximum atomic E-state index is 4.76. The van der Waals surface area contributed by atoms with Gasteiger partial charge in [0.1, 0.15) is 25.7 Å². The second kappa shape index (κ2) is 36.2. The summed E-state index contributed by atoms with van der Waals surface area (Å²) >= 11 is 0. The van der Waals surface area contributed by atoms with Crippen LogP contribution in [-0.4, -0.2) is 37.1 Å². The van der Waals surface area contributed by atoms with Crippen molar-refractivity contribution >= 4 is 23.9 Å². The first kappa shape index (κ1) is 27.5. The molecule has 0 aromatic carbocycles. The quantitative estimate of drug-likeness (QED) is 0.600. The van der Waals surface area contributed by atoms with Gasteiger partial charge in [-0.3, -0.25) is 0 Å². The molecule has 0 fully saturated rings. The molecule has 0 aliphatic carbocycles. The normalized spacial score (nSPS) is 10.6. The van der Waals surface area contributed by atoms with Gasteiger partial charge >= 0.3 is 0 Å². The van der Waals surface area contributed by atoms with Gasteiger partial charge < -0.3 is 9.47 Å². The first-order chi connectivity index (χ1) is 8.74. The Bertz CT molecular complexity index is 104. The van der Waals surface area contributed by atoms with E-state index in [-0.39, 0.29) is 23.9 Å². The molecule has 0 N–H and O–H groups in total. The number of ether oxygens (including phenoxy) is 2. The molecule has 0 unspecified atom stereocenters. The average molecular weight is 379 g/mol. The van der Waals surface area contributed by atoms with Gasteiger partial charge in [-0.05, 0) is 0 Å². The summed E-state index contributed by atoms with van der Waals surface area (Å²) in [6.45, 7) is 14.5. The van der Waals surface area contributed by atoms with E-state index < -0.39 is 0 Å². The van der Waals surface area contributed by atoms with Crippen LogP contribution in [0.15, 0.2) is 12.5 Å². The second-order valence-corrected chi connectivity index (χ2v) is 4.01. The van der Waals surface area contributed by atoms with Crippen molar-refractivity contribution in [3.8, 4) is 0 Å². The number of rotatable bonds is 3. The molecule has 3 heteroatoms. The van der Waals surface area contributed by atoms with Gasteiger partial charge in [0, 0.05) is 23.9 Å². The largest absolute Gasteiger partial charge is 0.494 e. The molecule has 0 aromatic heterocycles. The molecule has 0 saturated carbocycles. The summed E-state index contributed by atoms with van der Waals surface area (Å²) in [5.41, 5.74) is 0. The number of hydrogen-bond acceptors (Lipinski definition) is 2. The van der Waals surface area contributed by atoms with Crippen LogP contribution in [0, 0.1) is 0 Å². The van der Waals surface area contributed by atoms with Crippen LogP contribution >= 0.6 is 0 Å². The zero-order valence-corrected chi connectivity index (χ0v) is 17.0. The van der Waals surface area contributed by atoms with Crippen molar-refractivity contribution in [1.82, 2.24) is 0 Å². The molecule has 0 saturated heterocycles. The summed E-state index contributed by atoms with van der Waals surface area (Å²) < 4.78 is 9.53. The third-order valence-corrected chi connectivity index (χ3v) is 2.07. The Balaban J connectivity index is -0.0000000796. The van der Waals surface area contributed by atoms with Crippen molar-refractivity contribution in [2.24, 2.45) is 0 Å². The molecule has 4 radical (unpaired) electrons. The van der Waals surface area contributed by atoms with Gasteiger partial charge in [-0.2, -0.15) is 0 Å². The number of hydrogen-bond donors (Lipinski definition) is 0. The van der Waals surface area contributed by atoms with E-state index >= 15 is 0 Å². The molecule has 1 heterocycles. The molecular formula is C16H36O2Sn. The van der Waals surface area contributed by atoms with E-state index in [1.165, 1.54) is 38.5 Å². The number of unbranched alkanes of at least 4 members (excludes halogenated alkanes) is 3. The average Bonchev–Trinajstić information content (AvgIpc) is 2.49. The minimum absolute atomic E-state index is 0. The van der Waals surface area contributed by atoms with Gasteiger partial charge in [-0.1, -0.05) is 80.1 Å². The van der Waals surface area contributed by atoms with Crippen LogP contribution in [-0.2, 0) is 9.47 Å². The van der Waals surface area contributed by atoms with Gasteiger partial charge in [0.2, 0.25) is 0 Å². The third-order valence-electron chi connectivity index (χ3n) is 2.07. The predicted molar refractivity (Wildman–Crippen MR) is 88.5 cm³/mol. The Morgan fingerprint density at radius 1 is 0.579 bits per heavy atom. The molecule has 0 atom stereocenters. The first-order valence-electron chi connectivity index (χ1n) is 7.62. The predicted octanol–water partition coefficient (Wildman–Crippen LogP) is 5.54. The van der Waals surface area contributed by atoms with E-state index in [9.17, 15) is 0 Å². The molecule has 1 rings (SSSR count). The van der Waals surface area contributed by atoms with Gasteiger partial charge in [0.25, 0.3) is 0 Å². The maximum absolute atomic E-state index is 4.76. The molecule has 1 aliphatic heterocycles. The molecule has 0 spiro atoms. The van der Waals surface area contributed by atoms with Crippen molar-refractivity contribution in [3.05, 3.63) is 12.5 Å². The smallest absolute Gasteiger partial charge is 0.121 e. The van der Waals surface area contributed by atoms with Gasteiger partial charge in [-0.15, -0.1) is 0 Å². The van der Waals surface area contributed by atoms with E-state index in [2.05, 4.69) is 41.5 Å². The first-order valence-corrected chi connectivity index (χ1v) is 7.62. The summed E-state index contributed by atoms with van der Waals surface area (Å²) in [5, 5.41) is 0. The Labute approximate surface area is 139 Å². The molecule has 116 valence electrons. The van der Waals surface area contributed by atoms with Crippen LogP contribution in [0.4, 0.5) is 0 Å². The van der Waals surface area contributed by atoms with Crippen LogP contribution in [0.5, 0.6) is 0 Å². The molecular weight excluding hydrogens is 343 g/mol. The van der Waals surface area contributed by atoms with Crippen molar-refractivity contribution in [3.63, 3.8) is 0 Å². The fourth-order valence-electron chi connectivity index (χ4n) is 0.311. The molecule has 0 aromatic rings. The molecule has 2 nitrogen and oxygen atoms in total. The van der Waals surface area contributed by atoms with Crippen LogP contribution in [0.3, 0.4) is 0 Å². The second-order valence-electron chi connectivity index (χ2n) is 4.01. The van der Waals surface area contributed by atoms with Crippen LogP contribution < -0.4 is 0 Å². The van der Waals surface area contributed by atoms with Gasteiger partial charge in [0.05, 0.1) is 0 Å². The van der Waals surface area contributed by atoms with Crippen molar-refractivity contribution in [2.75, 3.05) is 13.2 Å². The Kier molecular flexibility index (Phi) is 52.3. The Morgan fingerprint density at radius 2 is 0.789 bits per heavy atom. The van der Waals surface area contributed by atoms with Crippen molar-refractivity contribution in [1.29, 1.82) is 0 Å². The van der Waals surface area contributed by atoms with Crippen LogP contribution in [0.2, 0.25) is 0 Å². The van der Waals surface area contributed by atoms with E-state index in [1.54, 1.807) is 12.5 Å². The molecule has 1 aliphatic rings. The fourth-order valence-corrected chi connectivity index (χ4v) is 0.311. The van der Waals surface area contributed by atoms with Gasteiger partial charge in [0.15, 0.2) is 0 Å². The zero-order valence-electron chi connectivity index (χ0n) is 14.1. The fraction of sp³-hybridized carbons (Fsp3) is 0.875. The Hall–Kier alpha value is 0.139. The standard InChI is InChI=1S/C4H6O2.3C4H10.Sn/c1-2-6-4-3-5-1;3*1-3-4-2;/h1-2H,3-4H2;3*3-4H2,1-2H3;. The summed E-state index contributed by atoms with van der Waals surface area (Å²) in [5.74, 6) is 0. The summed E-state index contributed by atoms with van der Waals surface area (Å²) in [4.78, 5) is 0. The minimum atomic E-state index is 0. The summed E-state index contributed by atoms with van der Waals surface area (Å²) in [6.07, 6.45) is 11.0. The van der Waals surface area contributed by atoms with Crippen molar-refractivity contribution < 1.29 is 9.47 Å². The SMILES string of the molecule is C1=COCCO1.CCCC.CCCC.CCCC.[Sn]. The zero-order chi connectivity index (χ0) is 14.5. The minimum Gasteiger partial charge on any atom is -0.494 e. The summed E-state index contributed by atoms with van der Waals surface area (Å²) in [6, 6.07) is 0. The van der Waals surface area contributed by atoms with E-state index in [1.807, 2.05) is 0 Å². The topological polar surface area (TPSA) is 18.5 Å². The maximum Gasteiger partial charge on any atom is 0.121 e. The van der Waals surface area contributed by atoms with E-state index in [4.69, 9.17) is 9.47 Å². The van der Waals surface area contributed by atoms with Gasteiger partial charge in [-0.25, -0.2) is 0 Å². The summed E-state index contributed by atoms with van der Waals surface area (Å²) in [7, 11) is 0. The van der Waals surface area contributed by atoms with Crippen LogP contribution in [0.25, 0.3) is 0 Å². The monoisotopic (exact) mass is 380 g/mol. The molecule has 0 bridgehead atoms. The third kappa shape index (κ3) is 56.6. The molecule has 0 amide bonds. The van der Waals surface area contributed by atoms with Crippen LogP contribution in [0.1, 0.15) is 80.1 Å². The van der Waals surface area contributed by atoms with Crippen molar-refractivity contribution in [2.45, 2.75) is 80.1 Å².